The van der Waals surface area contributed by atoms with Crippen LogP contribution in [-0.2, 0) is 0 Å². The smallest absolute Gasteiger partial charge is 0.0446 e. The Balaban J connectivity index is 2.30. The quantitative estimate of drug-likeness (QED) is 0.722. The monoisotopic (exact) mass is 228 g/mol. The molecule has 0 bridgehead atoms. The lowest BCUT2D eigenvalue weighted by Gasteiger charge is -2.25. The third-order valence-electron chi connectivity index (χ3n) is 3.88. The average Bonchev–Trinajstić information content (AvgIpc) is 2.53. The van der Waals surface area contributed by atoms with E-state index in [1.165, 1.54) is 38.8 Å². The number of likely N-dealkylation sites (N-methyl/N-ethyl adjacent to an activating group) is 1. The lowest BCUT2D eigenvalue weighted by Crippen LogP contribution is -2.40. The minimum absolute atomic E-state index is 0.289. The summed E-state index contributed by atoms with van der Waals surface area (Å²) in [6.45, 7) is 6.16. The molecule has 0 aromatic carbocycles. The van der Waals surface area contributed by atoms with E-state index in [-0.39, 0.29) is 6.61 Å². The zero-order valence-electron chi connectivity index (χ0n) is 10.9. The van der Waals surface area contributed by atoms with Gasteiger partial charge in [-0.2, -0.15) is 0 Å². The molecule has 1 fully saturated rings. The molecule has 1 heterocycles. The first-order valence-corrected chi connectivity index (χ1v) is 6.80. The highest BCUT2D eigenvalue weighted by Gasteiger charge is 2.17. The summed E-state index contributed by atoms with van der Waals surface area (Å²) in [5.74, 6) is 0.941. The van der Waals surface area contributed by atoms with Gasteiger partial charge < -0.3 is 15.3 Å². The van der Waals surface area contributed by atoms with Crippen molar-refractivity contribution in [3.63, 3.8) is 0 Å². The molecule has 2 atom stereocenters. The van der Waals surface area contributed by atoms with E-state index >= 15 is 0 Å². The summed E-state index contributed by atoms with van der Waals surface area (Å²) in [7, 11) is 1.99. The third-order valence-corrected chi connectivity index (χ3v) is 3.88. The number of nitrogens with zero attached hydrogens (tertiary/aromatic N) is 1. The van der Waals surface area contributed by atoms with Crippen molar-refractivity contribution in [2.75, 3.05) is 33.3 Å². The zero-order valence-corrected chi connectivity index (χ0v) is 10.9. The highest BCUT2D eigenvalue weighted by molar-refractivity contribution is 4.74. The summed E-state index contributed by atoms with van der Waals surface area (Å²) in [6.07, 6.45) is 6.29. The molecule has 0 radical (unpaired) electrons. The van der Waals surface area contributed by atoms with Gasteiger partial charge in [-0.1, -0.05) is 13.3 Å². The molecule has 1 aliphatic heterocycles. The van der Waals surface area contributed by atoms with Crippen LogP contribution in [0.15, 0.2) is 0 Å². The number of aliphatic hydroxyl groups is 1. The van der Waals surface area contributed by atoms with Crippen molar-refractivity contribution in [1.29, 1.82) is 0 Å². The van der Waals surface area contributed by atoms with Gasteiger partial charge in [-0.05, 0) is 51.7 Å². The summed E-state index contributed by atoms with van der Waals surface area (Å²) in [4.78, 5) is 2.56. The van der Waals surface area contributed by atoms with Gasteiger partial charge in [0.25, 0.3) is 0 Å². The summed E-state index contributed by atoms with van der Waals surface area (Å²) in [5, 5.41) is 12.3. The normalized spacial score (nSPS) is 25.3. The van der Waals surface area contributed by atoms with Crippen molar-refractivity contribution in [3.8, 4) is 0 Å². The molecule has 0 amide bonds. The van der Waals surface area contributed by atoms with Gasteiger partial charge in [0.15, 0.2) is 0 Å². The molecule has 3 heteroatoms. The van der Waals surface area contributed by atoms with Crippen molar-refractivity contribution < 1.29 is 5.11 Å². The lowest BCUT2D eigenvalue weighted by atomic mass is 9.98. The van der Waals surface area contributed by atoms with E-state index in [2.05, 4.69) is 17.1 Å². The van der Waals surface area contributed by atoms with E-state index in [1.807, 2.05) is 7.05 Å². The summed E-state index contributed by atoms with van der Waals surface area (Å²) < 4.78 is 0. The Kier molecular flexibility index (Phi) is 7.01. The Labute approximate surface area is 100 Å². The Morgan fingerprint density at radius 2 is 2.19 bits per heavy atom. The Bertz CT molecular complexity index is 175. The van der Waals surface area contributed by atoms with Crippen molar-refractivity contribution in [2.24, 2.45) is 5.92 Å². The van der Waals surface area contributed by atoms with Gasteiger partial charge in [0.2, 0.25) is 0 Å². The highest BCUT2D eigenvalue weighted by Crippen LogP contribution is 2.20. The van der Waals surface area contributed by atoms with Crippen molar-refractivity contribution >= 4 is 0 Å². The van der Waals surface area contributed by atoms with Crippen LogP contribution in [0.4, 0.5) is 0 Å². The van der Waals surface area contributed by atoms with Crippen LogP contribution < -0.4 is 5.32 Å². The zero-order chi connectivity index (χ0) is 11.8. The maximum atomic E-state index is 8.97. The van der Waals surface area contributed by atoms with Gasteiger partial charge in [0.1, 0.15) is 0 Å². The summed E-state index contributed by atoms with van der Waals surface area (Å²) in [5.41, 5.74) is 0. The first kappa shape index (κ1) is 13.9. The molecule has 0 aromatic heterocycles. The van der Waals surface area contributed by atoms with Crippen LogP contribution in [0.3, 0.4) is 0 Å². The average molecular weight is 228 g/mol. The Morgan fingerprint density at radius 1 is 1.38 bits per heavy atom. The maximum Gasteiger partial charge on any atom is 0.0446 e. The minimum Gasteiger partial charge on any atom is -0.396 e. The molecule has 0 saturated carbocycles. The molecule has 1 saturated heterocycles. The largest absolute Gasteiger partial charge is 0.396 e. The molecular formula is C13H28N2O. The van der Waals surface area contributed by atoms with E-state index in [4.69, 9.17) is 5.11 Å². The summed E-state index contributed by atoms with van der Waals surface area (Å²) >= 11 is 0. The lowest BCUT2D eigenvalue weighted by molar-refractivity contribution is 0.214. The number of aliphatic hydroxyl groups excluding tert-OH is 1. The van der Waals surface area contributed by atoms with Crippen LogP contribution in [0.5, 0.6) is 0 Å². The van der Waals surface area contributed by atoms with Gasteiger partial charge in [-0.15, -0.1) is 0 Å². The number of hydrogen-bond acceptors (Lipinski definition) is 3. The number of hydrogen-bond donors (Lipinski definition) is 2. The molecule has 16 heavy (non-hydrogen) atoms. The van der Waals surface area contributed by atoms with Crippen molar-refractivity contribution in [1.82, 2.24) is 10.2 Å². The standard InChI is InChI=1S/C13H28N2O/c1-3-12-5-4-8-15(9-6-12)11-13(14-2)7-10-16/h12-14,16H,3-11H2,1-2H3. The second-order valence-electron chi connectivity index (χ2n) is 5.00. The van der Waals surface area contributed by atoms with E-state index in [1.54, 1.807) is 0 Å². The molecular weight excluding hydrogens is 200 g/mol. The third kappa shape index (κ3) is 4.81. The predicted molar refractivity (Wildman–Crippen MR) is 68.6 cm³/mol. The molecule has 1 rings (SSSR count). The minimum atomic E-state index is 0.289. The van der Waals surface area contributed by atoms with E-state index < -0.39 is 0 Å². The molecule has 3 nitrogen and oxygen atoms in total. The number of likely N-dealkylation sites (tertiary alicyclic amines) is 1. The molecule has 2 unspecified atom stereocenters. The van der Waals surface area contributed by atoms with Gasteiger partial charge in [0.05, 0.1) is 0 Å². The number of nitrogens with one attached hydrogen (secondary N) is 1. The second-order valence-corrected chi connectivity index (χ2v) is 5.00. The molecule has 2 N–H and O–H groups in total. The van der Waals surface area contributed by atoms with E-state index in [0.29, 0.717) is 6.04 Å². The maximum absolute atomic E-state index is 8.97. The Morgan fingerprint density at radius 3 is 2.81 bits per heavy atom. The molecule has 1 aliphatic rings. The number of rotatable bonds is 6. The molecule has 0 aromatic rings. The van der Waals surface area contributed by atoms with E-state index in [9.17, 15) is 0 Å². The highest BCUT2D eigenvalue weighted by atomic mass is 16.3. The fraction of sp³-hybridized carbons (Fsp3) is 1.00. The van der Waals surface area contributed by atoms with Crippen molar-refractivity contribution in [3.05, 3.63) is 0 Å². The SMILES string of the molecule is CCC1CCCN(CC(CCO)NC)CC1. The molecule has 96 valence electrons. The predicted octanol–water partition coefficient (Wildman–Crippen LogP) is 1.47. The van der Waals surface area contributed by atoms with Gasteiger partial charge in [0, 0.05) is 19.2 Å². The first-order chi connectivity index (χ1) is 7.80. The molecule has 0 spiro atoms. The summed E-state index contributed by atoms with van der Waals surface area (Å²) in [6, 6.07) is 0.447. The van der Waals surface area contributed by atoms with Crippen LogP contribution >= 0.6 is 0 Å². The van der Waals surface area contributed by atoms with Crippen LogP contribution in [0, 0.1) is 5.92 Å². The van der Waals surface area contributed by atoms with Gasteiger partial charge >= 0.3 is 0 Å². The fourth-order valence-electron chi connectivity index (χ4n) is 2.61. The van der Waals surface area contributed by atoms with Crippen LogP contribution in [0.2, 0.25) is 0 Å². The van der Waals surface area contributed by atoms with Crippen LogP contribution in [0.1, 0.15) is 39.0 Å². The topological polar surface area (TPSA) is 35.5 Å². The fourth-order valence-corrected chi connectivity index (χ4v) is 2.61. The Hall–Kier alpha value is -0.120. The van der Waals surface area contributed by atoms with Crippen LogP contribution in [0.25, 0.3) is 0 Å². The van der Waals surface area contributed by atoms with E-state index in [0.717, 1.165) is 18.9 Å². The molecule has 0 aliphatic carbocycles. The second kappa shape index (κ2) is 8.04. The van der Waals surface area contributed by atoms with Crippen LogP contribution in [-0.4, -0.2) is 49.3 Å². The van der Waals surface area contributed by atoms with Gasteiger partial charge in [-0.25, -0.2) is 0 Å². The van der Waals surface area contributed by atoms with Gasteiger partial charge in [-0.3, -0.25) is 0 Å². The van der Waals surface area contributed by atoms with Crippen molar-refractivity contribution in [2.45, 2.75) is 45.1 Å². The first-order valence-electron chi connectivity index (χ1n) is 6.80.